The summed E-state index contributed by atoms with van der Waals surface area (Å²) in [5.41, 5.74) is 0. The van der Waals surface area contributed by atoms with Gasteiger partial charge in [-0.05, 0) is 12.3 Å². The second kappa shape index (κ2) is 8.61. The summed E-state index contributed by atoms with van der Waals surface area (Å²) in [5.74, 6) is -1.37. The summed E-state index contributed by atoms with van der Waals surface area (Å²) in [7, 11) is 0. The average Bonchev–Trinajstić information content (AvgIpc) is 2.44. The van der Waals surface area contributed by atoms with Crippen molar-refractivity contribution in [3.63, 3.8) is 0 Å². The lowest BCUT2D eigenvalue weighted by atomic mass is 10.0. The fourth-order valence-electron chi connectivity index (χ4n) is 2.15. The highest BCUT2D eigenvalue weighted by molar-refractivity contribution is 5.86. The Balaban J connectivity index is 2.34. The van der Waals surface area contributed by atoms with Crippen LogP contribution in [0.4, 0.5) is 0 Å². The Kier molecular flexibility index (Phi) is 7.14. The Bertz CT molecular complexity index is 378. The number of carbonyl (C=O) groups excluding carboxylic acids is 2. The molecule has 1 heterocycles. The van der Waals surface area contributed by atoms with Gasteiger partial charge in [0.15, 0.2) is 0 Å². The minimum Gasteiger partial charge on any atom is -0.480 e. The van der Waals surface area contributed by atoms with Crippen molar-refractivity contribution >= 4 is 17.8 Å². The topological polar surface area (TPSA) is 95.9 Å². The van der Waals surface area contributed by atoms with Crippen LogP contribution < -0.4 is 5.32 Å². The van der Waals surface area contributed by atoms with Gasteiger partial charge in [-0.15, -0.1) is 0 Å². The van der Waals surface area contributed by atoms with Gasteiger partial charge in [-0.1, -0.05) is 13.8 Å². The van der Waals surface area contributed by atoms with E-state index in [0.29, 0.717) is 32.7 Å². The second-order valence-electron chi connectivity index (χ2n) is 5.58. The van der Waals surface area contributed by atoms with Crippen molar-refractivity contribution in [1.29, 1.82) is 0 Å². The second-order valence-corrected chi connectivity index (χ2v) is 5.58. The summed E-state index contributed by atoms with van der Waals surface area (Å²) in [6.45, 7) is 5.92. The molecule has 2 amide bonds. The Morgan fingerprint density at radius 2 is 1.81 bits per heavy atom. The summed E-state index contributed by atoms with van der Waals surface area (Å²) < 4.78 is 5.15. The van der Waals surface area contributed by atoms with Crippen LogP contribution in [0.3, 0.4) is 0 Å². The van der Waals surface area contributed by atoms with Crippen LogP contribution in [0.2, 0.25) is 0 Å². The molecule has 0 aromatic heterocycles. The smallest absolute Gasteiger partial charge is 0.326 e. The summed E-state index contributed by atoms with van der Waals surface area (Å²) in [6, 6.07) is -0.893. The molecule has 1 rings (SSSR count). The molecule has 120 valence electrons. The molecular weight excluding hydrogens is 276 g/mol. The first-order valence-electron chi connectivity index (χ1n) is 7.28. The van der Waals surface area contributed by atoms with Gasteiger partial charge in [-0.2, -0.15) is 0 Å². The molecule has 21 heavy (non-hydrogen) atoms. The van der Waals surface area contributed by atoms with Gasteiger partial charge in [0, 0.05) is 25.9 Å². The maximum atomic E-state index is 11.9. The SMILES string of the molecule is CC(C)CC(NC(=O)CCC(=O)N1CCOCC1)C(=O)O. The minimum atomic E-state index is -1.04. The molecule has 0 bridgehead atoms. The largest absolute Gasteiger partial charge is 0.480 e. The standard InChI is InChI=1S/C14H24N2O5/c1-10(2)9-11(14(19)20)15-12(17)3-4-13(18)16-5-7-21-8-6-16/h10-11H,3-9H2,1-2H3,(H,15,17)(H,19,20). The predicted molar refractivity (Wildman–Crippen MR) is 75.7 cm³/mol. The van der Waals surface area contributed by atoms with Crippen LogP contribution in [0.15, 0.2) is 0 Å². The number of nitrogens with zero attached hydrogens (tertiary/aromatic N) is 1. The van der Waals surface area contributed by atoms with Crippen LogP contribution in [0, 0.1) is 5.92 Å². The van der Waals surface area contributed by atoms with Crippen LogP contribution in [0.1, 0.15) is 33.1 Å². The number of aliphatic carboxylic acids is 1. The highest BCUT2D eigenvalue weighted by atomic mass is 16.5. The molecule has 7 heteroatoms. The fourth-order valence-corrected chi connectivity index (χ4v) is 2.15. The number of hydrogen-bond donors (Lipinski definition) is 2. The molecule has 1 unspecified atom stereocenters. The van der Waals surface area contributed by atoms with E-state index in [1.54, 1.807) is 4.90 Å². The Hall–Kier alpha value is -1.63. The first kappa shape index (κ1) is 17.4. The molecule has 1 aliphatic heterocycles. The van der Waals surface area contributed by atoms with E-state index in [-0.39, 0.29) is 24.7 Å². The Labute approximate surface area is 124 Å². The fraction of sp³-hybridized carbons (Fsp3) is 0.786. The molecular formula is C14H24N2O5. The van der Waals surface area contributed by atoms with Crippen molar-refractivity contribution in [3.05, 3.63) is 0 Å². The number of carbonyl (C=O) groups is 3. The van der Waals surface area contributed by atoms with Crippen molar-refractivity contribution in [2.24, 2.45) is 5.92 Å². The van der Waals surface area contributed by atoms with Crippen molar-refractivity contribution in [2.45, 2.75) is 39.2 Å². The van der Waals surface area contributed by atoms with E-state index < -0.39 is 17.9 Å². The van der Waals surface area contributed by atoms with Crippen LogP contribution >= 0.6 is 0 Å². The van der Waals surface area contributed by atoms with E-state index in [0.717, 1.165) is 0 Å². The number of carboxylic acid groups (broad SMARTS) is 1. The lowest BCUT2D eigenvalue weighted by Crippen LogP contribution is -2.43. The number of nitrogens with one attached hydrogen (secondary N) is 1. The van der Waals surface area contributed by atoms with E-state index in [9.17, 15) is 14.4 Å². The van der Waals surface area contributed by atoms with Gasteiger partial charge >= 0.3 is 5.97 Å². The van der Waals surface area contributed by atoms with Crippen molar-refractivity contribution in [3.8, 4) is 0 Å². The third-order valence-corrected chi connectivity index (χ3v) is 3.27. The van der Waals surface area contributed by atoms with Gasteiger partial charge in [-0.3, -0.25) is 9.59 Å². The Morgan fingerprint density at radius 1 is 1.19 bits per heavy atom. The van der Waals surface area contributed by atoms with Crippen LogP contribution in [0.25, 0.3) is 0 Å². The maximum Gasteiger partial charge on any atom is 0.326 e. The summed E-state index contributed by atoms with van der Waals surface area (Å²) in [6.07, 6.45) is 0.483. The van der Waals surface area contributed by atoms with Gasteiger partial charge in [0.1, 0.15) is 6.04 Å². The molecule has 0 spiro atoms. The normalized spacial score (nSPS) is 16.6. The molecule has 1 atom stereocenters. The molecule has 0 aliphatic carbocycles. The molecule has 1 fully saturated rings. The van der Waals surface area contributed by atoms with Crippen LogP contribution in [0.5, 0.6) is 0 Å². The van der Waals surface area contributed by atoms with E-state index >= 15 is 0 Å². The molecule has 0 saturated carbocycles. The van der Waals surface area contributed by atoms with Gasteiger partial charge < -0.3 is 20.1 Å². The molecule has 1 saturated heterocycles. The lowest BCUT2D eigenvalue weighted by Gasteiger charge is -2.26. The zero-order valence-corrected chi connectivity index (χ0v) is 12.6. The number of hydrogen-bond acceptors (Lipinski definition) is 4. The quantitative estimate of drug-likeness (QED) is 0.702. The van der Waals surface area contributed by atoms with Crippen LogP contribution in [-0.4, -0.2) is 60.1 Å². The monoisotopic (exact) mass is 300 g/mol. The zero-order valence-electron chi connectivity index (χ0n) is 12.6. The minimum absolute atomic E-state index is 0.0120. The average molecular weight is 300 g/mol. The van der Waals surface area contributed by atoms with E-state index in [1.807, 2.05) is 13.8 Å². The first-order chi connectivity index (χ1) is 9.90. The number of amides is 2. The molecule has 0 radical (unpaired) electrons. The van der Waals surface area contributed by atoms with Gasteiger partial charge in [0.05, 0.1) is 13.2 Å². The molecule has 0 aromatic carbocycles. The summed E-state index contributed by atoms with van der Waals surface area (Å²) >= 11 is 0. The first-order valence-corrected chi connectivity index (χ1v) is 7.28. The summed E-state index contributed by atoms with van der Waals surface area (Å²) in [5, 5.41) is 11.5. The highest BCUT2D eigenvalue weighted by Gasteiger charge is 2.22. The van der Waals surface area contributed by atoms with Crippen molar-refractivity contribution < 1.29 is 24.2 Å². The molecule has 1 aliphatic rings. The van der Waals surface area contributed by atoms with Crippen molar-refractivity contribution in [1.82, 2.24) is 10.2 Å². The van der Waals surface area contributed by atoms with Crippen LogP contribution in [-0.2, 0) is 19.1 Å². The number of rotatable bonds is 7. The van der Waals surface area contributed by atoms with E-state index in [1.165, 1.54) is 0 Å². The van der Waals surface area contributed by atoms with E-state index in [2.05, 4.69) is 5.32 Å². The zero-order chi connectivity index (χ0) is 15.8. The van der Waals surface area contributed by atoms with Gasteiger partial charge in [0.2, 0.25) is 11.8 Å². The lowest BCUT2D eigenvalue weighted by molar-refractivity contribution is -0.142. The van der Waals surface area contributed by atoms with E-state index in [4.69, 9.17) is 9.84 Å². The third-order valence-electron chi connectivity index (χ3n) is 3.27. The highest BCUT2D eigenvalue weighted by Crippen LogP contribution is 2.06. The third kappa shape index (κ3) is 6.57. The van der Waals surface area contributed by atoms with Gasteiger partial charge in [0.25, 0.3) is 0 Å². The Morgan fingerprint density at radius 3 is 2.33 bits per heavy atom. The number of ether oxygens (including phenoxy) is 1. The number of morpholine rings is 1. The molecule has 7 nitrogen and oxygen atoms in total. The molecule has 0 aromatic rings. The number of carboxylic acids is 1. The predicted octanol–water partition coefficient (Wildman–Crippen LogP) is 0.241. The molecule has 2 N–H and O–H groups in total. The maximum absolute atomic E-state index is 11.9. The van der Waals surface area contributed by atoms with Crippen molar-refractivity contribution in [2.75, 3.05) is 26.3 Å². The summed E-state index contributed by atoms with van der Waals surface area (Å²) in [4.78, 5) is 36.3. The van der Waals surface area contributed by atoms with Gasteiger partial charge in [-0.25, -0.2) is 4.79 Å².